The molecule has 37 heavy (non-hydrogen) atoms. The number of rotatable bonds is 5. The Morgan fingerprint density at radius 3 is 2.22 bits per heavy atom. The summed E-state index contributed by atoms with van der Waals surface area (Å²) in [5.74, 6) is -0.234. The summed E-state index contributed by atoms with van der Waals surface area (Å²) in [6.45, 7) is 0.774. The minimum absolute atomic E-state index is 0.00359. The molecule has 4 aromatic rings. The molecular formula is C25H23ClN4O5S2. The molecule has 1 aliphatic heterocycles. The Morgan fingerprint density at radius 1 is 0.865 bits per heavy atom. The molecule has 5 rings (SSSR count). The highest BCUT2D eigenvalue weighted by atomic mass is 35.5. The Balaban J connectivity index is 1.30. The van der Waals surface area contributed by atoms with Crippen LogP contribution in [0.5, 0.6) is 0 Å². The number of piperazine rings is 1. The van der Waals surface area contributed by atoms with Crippen molar-refractivity contribution in [3.05, 3.63) is 83.5 Å². The SMILES string of the molecule is NS(=O)(=O)c1ccccc1-c1ccc(C(=O)N2CCN(S(=O)(=O)c3c[nH]c4ccc(Cl)cc34)CC2)cc1. The summed E-state index contributed by atoms with van der Waals surface area (Å²) >= 11 is 6.07. The van der Waals surface area contributed by atoms with Crippen LogP contribution in [0, 0.1) is 0 Å². The summed E-state index contributed by atoms with van der Waals surface area (Å²) in [5.41, 5.74) is 2.14. The number of benzene rings is 3. The molecule has 1 aliphatic rings. The van der Waals surface area contributed by atoms with Crippen LogP contribution in [0.1, 0.15) is 10.4 Å². The Morgan fingerprint density at radius 2 is 1.54 bits per heavy atom. The summed E-state index contributed by atoms with van der Waals surface area (Å²) in [4.78, 5) is 17.8. The molecule has 3 aromatic carbocycles. The van der Waals surface area contributed by atoms with E-state index in [1.165, 1.54) is 16.6 Å². The van der Waals surface area contributed by atoms with Gasteiger partial charge in [0.05, 0.1) is 4.90 Å². The Hall–Kier alpha value is -3.22. The van der Waals surface area contributed by atoms with Gasteiger partial charge in [-0.2, -0.15) is 4.31 Å². The lowest BCUT2D eigenvalue weighted by atomic mass is 10.0. The molecule has 1 aromatic heterocycles. The molecule has 0 bridgehead atoms. The van der Waals surface area contributed by atoms with E-state index in [-0.39, 0.29) is 41.9 Å². The molecule has 0 saturated carbocycles. The van der Waals surface area contributed by atoms with E-state index in [2.05, 4.69) is 4.98 Å². The average Bonchev–Trinajstić information content (AvgIpc) is 3.32. The molecule has 1 fully saturated rings. The number of nitrogens with two attached hydrogens (primary N) is 1. The number of H-pyrrole nitrogens is 1. The van der Waals surface area contributed by atoms with E-state index < -0.39 is 20.0 Å². The minimum atomic E-state index is -3.91. The van der Waals surface area contributed by atoms with E-state index in [9.17, 15) is 21.6 Å². The monoisotopic (exact) mass is 558 g/mol. The topological polar surface area (TPSA) is 134 Å². The maximum Gasteiger partial charge on any atom is 0.253 e. The van der Waals surface area contributed by atoms with Crippen LogP contribution in [-0.4, -0.2) is 63.1 Å². The van der Waals surface area contributed by atoms with E-state index in [4.69, 9.17) is 16.7 Å². The van der Waals surface area contributed by atoms with Gasteiger partial charge in [-0.1, -0.05) is 41.9 Å². The molecule has 1 saturated heterocycles. The van der Waals surface area contributed by atoms with Gasteiger partial charge in [0, 0.05) is 59.4 Å². The first-order chi connectivity index (χ1) is 17.6. The number of hydrogen-bond acceptors (Lipinski definition) is 5. The molecule has 0 radical (unpaired) electrons. The number of fused-ring (bicyclic) bond motifs is 1. The van der Waals surface area contributed by atoms with Crippen LogP contribution in [0.25, 0.3) is 22.0 Å². The van der Waals surface area contributed by atoms with Crippen molar-refractivity contribution in [3.63, 3.8) is 0 Å². The standard InChI is InChI=1S/C25H23ClN4O5S2/c26-19-9-10-22-21(15-19)24(16-28-22)37(34,35)30-13-11-29(12-14-30)25(31)18-7-5-17(6-8-18)20-3-1-2-4-23(20)36(27,32)33/h1-10,15-16,28H,11-14H2,(H2,27,32,33). The van der Waals surface area contributed by atoms with Gasteiger partial charge in [0.15, 0.2) is 0 Å². The molecule has 0 aliphatic carbocycles. The third kappa shape index (κ3) is 4.88. The van der Waals surface area contributed by atoms with Crippen molar-refractivity contribution in [1.29, 1.82) is 0 Å². The van der Waals surface area contributed by atoms with E-state index in [1.807, 2.05) is 0 Å². The van der Waals surface area contributed by atoms with Gasteiger partial charge in [-0.3, -0.25) is 4.79 Å². The van der Waals surface area contributed by atoms with Crippen LogP contribution in [0.2, 0.25) is 5.02 Å². The normalized spacial score (nSPS) is 15.2. The second kappa shape index (κ2) is 9.58. The number of primary sulfonamides is 1. The number of aromatic nitrogens is 1. The van der Waals surface area contributed by atoms with Crippen LogP contribution in [0.4, 0.5) is 0 Å². The summed E-state index contributed by atoms with van der Waals surface area (Å²) < 4.78 is 51.8. The number of aromatic amines is 1. The van der Waals surface area contributed by atoms with Crippen LogP contribution in [0.15, 0.2) is 82.7 Å². The number of carbonyl (C=O) groups excluding carboxylic acids is 1. The van der Waals surface area contributed by atoms with Crippen LogP contribution >= 0.6 is 11.6 Å². The number of carbonyl (C=O) groups is 1. The van der Waals surface area contributed by atoms with Gasteiger partial charge in [0.1, 0.15) is 4.90 Å². The number of nitrogens with one attached hydrogen (secondary N) is 1. The van der Waals surface area contributed by atoms with Gasteiger partial charge in [-0.05, 0) is 42.0 Å². The number of hydrogen-bond donors (Lipinski definition) is 2. The zero-order valence-electron chi connectivity index (χ0n) is 19.5. The fraction of sp³-hybridized carbons (Fsp3) is 0.160. The maximum absolute atomic E-state index is 13.3. The first kappa shape index (κ1) is 25.4. The average molecular weight is 559 g/mol. The molecular weight excluding hydrogens is 536 g/mol. The first-order valence-electron chi connectivity index (χ1n) is 11.3. The lowest BCUT2D eigenvalue weighted by molar-refractivity contribution is 0.0698. The summed E-state index contributed by atoms with van der Waals surface area (Å²) in [6, 6.07) is 18.0. The lowest BCUT2D eigenvalue weighted by Crippen LogP contribution is -2.50. The zero-order chi connectivity index (χ0) is 26.4. The number of halogens is 1. The van der Waals surface area contributed by atoms with Crippen molar-refractivity contribution in [2.75, 3.05) is 26.2 Å². The predicted molar refractivity (Wildman–Crippen MR) is 141 cm³/mol. The fourth-order valence-corrected chi connectivity index (χ4v) is 6.99. The third-order valence-electron chi connectivity index (χ3n) is 6.39. The van der Waals surface area contributed by atoms with E-state index in [1.54, 1.807) is 65.6 Å². The number of sulfonamides is 2. The van der Waals surface area contributed by atoms with Gasteiger partial charge in [0.25, 0.3) is 5.91 Å². The van der Waals surface area contributed by atoms with Gasteiger partial charge in [-0.15, -0.1) is 0 Å². The van der Waals surface area contributed by atoms with Crippen LogP contribution in [-0.2, 0) is 20.0 Å². The number of amides is 1. The van der Waals surface area contributed by atoms with Crippen LogP contribution in [0.3, 0.4) is 0 Å². The molecule has 1 amide bonds. The largest absolute Gasteiger partial charge is 0.360 e. The fourth-order valence-electron chi connectivity index (χ4n) is 4.48. The highest BCUT2D eigenvalue weighted by molar-refractivity contribution is 7.89. The second-order valence-electron chi connectivity index (χ2n) is 8.66. The molecule has 0 atom stereocenters. The van der Waals surface area contributed by atoms with Crippen LogP contribution < -0.4 is 5.14 Å². The Labute approximate surface area is 219 Å². The first-order valence-corrected chi connectivity index (χ1v) is 14.7. The minimum Gasteiger partial charge on any atom is -0.360 e. The van der Waals surface area contributed by atoms with Crippen molar-refractivity contribution < 1.29 is 21.6 Å². The van der Waals surface area contributed by atoms with Gasteiger partial charge in [-0.25, -0.2) is 22.0 Å². The van der Waals surface area contributed by atoms with Crippen molar-refractivity contribution in [1.82, 2.24) is 14.2 Å². The zero-order valence-corrected chi connectivity index (χ0v) is 21.9. The van der Waals surface area contributed by atoms with Crippen molar-refractivity contribution >= 4 is 48.5 Å². The molecule has 12 heteroatoms. The molecule has 0 unspecified atom stereocenters. The molecule has 3 N–H and O–H groups in total. The summed E-state index contributed by atoms with van der Waals surface area (Å²) in [7, 11) is -7.69. The second-order valence-corrected chi connectivity index (χ2v) is 12.5. The molecule has 9 nitrogen and oxygen atoms in total. The molecule has 192 valence electrons. The smallest absolute Gasteiger partial charge is 0.253 e. The third-order valence-corrected chi connectivity index (χ3v) is 9.53. The van der Waals surface area contributed by atoms with Gasteiger partial charge in [0.2, 0.25) is 20.0 Å². The predicted octanol–water partition coefficient (Wildman–Crippen LogP) is 3.28. The van der Waals surface area contributed by atoms with Gasteiger partial charge >= 0.3 is 0 Å². The summed E-state index contributed by atoms with van der Waals surface area (Å²) in [6.07, 6.45) is 1.46. The quantitative estimate of drug-likeness (QED) is 0.388. The Bertz CT molecular complexity index is 1710. The maximum atomic E-state index is 13.3. The molecule has 2 heterocycles. The highest BCUT2D eigenvalue weighted by Crippen LogP contribution is 2.29. The van der Waals surface area contributed by atoms with Crippen molar-refractivity contribution in [3.8, 4) is 11.1 Å². The van der Waals surface area contributed by atoms with E-state index >= 15 is 0 Å². The summed E-state index contributed by atoms with van der Waals surface area (Å²) in [5, 5.41) is 6.30. The highest BCUT2D eigenvalue weighted by Gasteiger charge is 2.32. The number of nitrogens with zero attached hydrogens (tertiary/aromatic N) is 2. The van der Waals surface area contributed by atoms with Crippen molar-refractivity contribution in [2.45, 2.75) is 9.79 Å². The Kier molecular flexibility index (Phi) is 6.59. The van der Waals surface area contributed by atoms with E-state index in [0.717, 1.165) is 0 Å². The van der Waals surface area contributed by atoms with E-state index in [0.29, 0.717) is 32.6 Å². The lowest BCUT2D eigenvalue weighted by Gasteiger charge is -2.34. The van der Waals surface area contributed by atoms with Gasteiger partial charge < -0.3 is 9.88 Å². The van der Waals surface area contributed by atoms with Crippen molar-refractivity contribution in [2.24, 2.45) is 5.14 Å². The molecule has 0 spiro atoms.